The fourth-order valence-corrected chi connectivity index (χ4v) is 4.46. The Kier molecular flexibility index (Phi) is 5.33. The Balaban J connectivity index is 1.52. The van der Waals surface area contributed by atoms with Gasteiger partial charge in [0.15, 0.2) is 5.82 Å². The third-order valence-corrected chi connectivity index (χ3v) is 5.87. The van der Waals surface area contributed by atoms with Crippen molar-refractivity contribution in [2.75, 3.05) is 25.9 Å². The summed E-state index contributed by atoms with van der Waals surface area (Å²) in [5.41, 5.74) is 1.24. The topological polar surface area (TPSA) is 58.3 Å². The first-order valence-electron chi connectivity index (χ1n) is 8.97. The van der Waals surface area contributed by atoms with Crippen LogP contribution in [0, 0.1) is 5.92 Å². The number of pyridine rings is 1. The fraction of sp³-hybridized carbons (Fsp3) is 0.611. The molecule has 0 spiro atoms. The molecular weight excluding hydrogens is 334 g/mol. The standard InChI is InChI=1S/C18H25N5OS/c1-25-13-17-20-18(24-21-17)12-23(10-14-3-2-6-19-9-14)16-11-22-7-4-15(16)5-8-22/h2-3,6,9,15-16H,4-5,7-8,10-13H2,1H3. The molecule has 5 heterocycles. The van der Waals surface area contributed by atoms with E-state index >= 15 is 0 Å². The number of fused-ring (bicyclic) bond motifs is 3. The van der Waals surface area contributed by atoms with E-state index in [9.17, 15) is 0 Å². The smallest absolute Gasteiger partial charge is 0.240 e. The highest BCUT2D eigenvalue weighted by molar-refractivity contribution is 7.97. The normalized spacial score (nSPS) is 25.6. The zero-order valence-electron chi connectivity index (χ0n) is 14.7. The number of thioether (sulfide) groups is 1. The molecule has 25 heavy (non-hydrogen) atoms. The number of hydrogen-bond donors (Lipinski definition) is 0. The van der Waals surface area contributed by atoms with Gasteiger partial charge in [0.05, 0.1) is 12.3 Å². The monoisotopic (exact) mass is 359 g/mol. The van der Waals surface area contributed by atoms with Crippen LogP contribution in [-0.4, -0.2) is 56.9 Å². The van der Waals surface area contributed by atoms with Crippen molar-refractivity contribution in [2.45, 2.75) is 37.7 Å². The van der Waals surface area contributed by atoms with Gasteiger partial charge >= 0.3 is 0 Å². The summed E-state index contributed by atoms with van der Waals surface area (Å²) in [4.78, 5) is 14.0. The highest BCUT2D eigenvalue weighted by Crippen LogP contribution is 2.32. The minimum absolute atomic E-state index is 0.554. The van der Waals surface area contributed by atoms with Crippen molar-refractivity contribution >= 4 is 11.8 Å². The Bertz CT molecular complexity index is 671. The second-order valence-corrected chi connectivity index (χ2v) is 7.88. The summed E-state index contributed by atoms with van der Waals surface area (Å²) in [5.74, 6) is 3.09. The van der Waals surface area contributed by atoms with Crippen molar-refractivity contribution in [3.63, 3.8) is 0 Å². The van der Waals surface area contributed by atoms with Crippen LogP contribution < -0.4 is 0 Å². The molecular formula is C18H25N5OS. The first-order chi connectivity index (χ1) is 12.3. The number of nitrogens with zero attached hydrogens (tertiary/aromatic N) is 5. The molecule has 0 aliphatic carbocycles. The highest BCUT2D eigenvalue weighted by Gasteiger charge is 2.38. The Morgan fingerprint density at radius 3 is 2.88 bits per heavy atom. The first-order valence-corrected chi connectivity index (χ1v) is 10.4. The van der Waals surface area contributed by atoms with Crippen molar-refractivity contribution in [3.8, 4) is 0 Å². The molecule has 0 amide bonds. The van der Waals surface area contributed by atoms with Gasteiger partial charge in [-0.25, -0.2) is 0 Å². The molecule has 1 unspecified atom stereocenters. The van der Waals surface area contributed by atoms with E-state index < -0.39 is 0 Å². The number of aromatic nitrogens is 3. The lowest BCUT2D eigenvalue weighted by Gasteiger charge is -2.48. The molecule has 2 bridgehead atoms. The van der Waals surface area contributed by atoms with Gasteiger partial charge in [-0.3, -0.25) is 9.88 Å². The second-order valence-electron chi connectivity index (χ2n) is 7.01. The van der Waals surface area contributed by atoms with Gasteiger partial charge in [-0.15, -0.1) is 0 Å². The summed E-state index contributed by atoms with van der Waals surface area (Å²) in [6.45, 7) is 5.24. The predicted octanol–water partition coefficient (Wildman–Crippen LogP) is 2.42. The zero-order chi connectivity index (χ0) is 17.1. The van der Waals surface area contributed by atoms with E-state index in [1.165, 1.54) is 31.5 Å². The van der Waals surface area contributed by atoms with Crippen LogP contribution >= 0.6 is 11.8 Å². The lowest BCUT2D eigenvalue weighted by molar-refractivity contribution is -0.00660. The van der Waals surface area contributed by atoms with Crippen LogP contribution in [0.2, 0.25) is 0 Å². The minimum atomic E-state index is 0.554. The third-order valence-electron chi connectivity index (χ3n) is 5.32. The summed E-state index contributed by atoms with van der Waals surface area (Å²) < 4.78 is 5.51. The van der Waals surface area contributed by atoms with Crippen molar-refractivity contribution in [1.82, 2.24) is 24.9 Å². The first kappa shape index (κ1) is 17.0. The average molecular weight is 359 g/mol. The van der Waals surface area contributed by atoms with Gasteiger partial charge in [-0.2, -0.15) is 16.7 Å². The van der Waals surface area contributed by atoms with Gasteiger partial charge < -0.3 is 9.42 Å². The van der Waals surface area contributed by atoms with Crippen LogP contribution in [0.4, 0.5) is 0 Å². The molecule has 1 atom stereocenters. The Hall–Kier alpha value is -1.44. The van der Waals surface area contributed by atoms with Crippen molar-refractivity contribution in [2.24, 2.45) is 5.92 Å². The van der Waals surface area contributed by atoms with E-state index in [4.69, 9.17) is 4.52 Å². The summed E-state index contributed by atoms with van der Waals surface area (Å²) in [6.07, 6.45) is 8.44. The maximum atomic E-state index is 5.51. The van der Waals surface area contributed by atoms with Crippen LogP contribution in [0.3, 0.4) is 0 Å². The van der Waals surface area contributed by atoms with Gasteiger partial charge in [0.2, 0.25) is 5.89 Å². The van der Waals surface area contributed by atoms with E-state index in [1.54, 1.807) is 11.8 Å². The Labute approximate surface area is 153 Å². The highest BCUT2D eigenvalue weighted by atomic mass is 32.2. The van der Waals surface area contributed by atoms with Gasteiger partial charge in [0.1, 0.15) is 0 Å². The van der Waals surface area contributed by atoms with E-state index in [1.807, 2.05) is 18.5 Å². The van der Waals surface area contributed by atoms with Crippen LogP contribution in [0.15, 0.2) is 29.0 Å². The second kappa shape index (κ2) is 7.85. The Morgan fingerprint density at radius 1 is 1.32 bits per heavy atom. The zero-order valence-corrected chi connectivity index (χ0v) is 15.5. The lowest BCUT2D eigenvalue weighted by atomic mass is 9.83. The molecule has 2 aromatic rings. The summed E-state index contributed by atoms with van der Waals surface area (Å²) >= 11 is 1.71. The van der Waals surface area contributed by atoms with Crippen LogP contribution in [-0.2, 0) is 18.8 Å². The number of piperidine rings is 3. The van der Waals surface area contributed by atoms with E-state index in [2.05, 4.69) is 37.2 Å². The molecule has 6 nitrogen and oxygen atoms in total. The number of rotatable bonds is 7. The van der Waals surface area contributed by atoms with Crippen LogP contribution in [0.5, 0.6) is 0 Å². The largest absolute Gasteiger partial charge is 0.338 e. The minimum Gasteiger partial charge on any atom is -0.338 e. The van der Waals surface area contributed by atoms with Crippen molar-refractivity contribution in [1.29, 1.82) is 0 Å². The van der Waals surface area contributed by atoms with Crippen molar-refractivity contribution < 1.29 is 4.52 Å². The van der Waals surface area contributed by atoms with E-state index in [-0.39, 0.29) is 0 Å². The Morgan fingerprint density at radius 2 is 2.20 bits per heavy atom. The molecule has 0 aromatic carbocycles. The fourth-order valence-electron chi connectivity index (χ4n) is 4.08. The predicted molar refractivity (Wildman–Crippen MR) is 98.0 cm³/mol. The van der Waals surface area contributed by atoms with E-state index in [0.717, 1.165) is 36.5 Å². The summed E-state index contributed by atoms with van der Waals surface area (Å²) in [6, 6.07) is 4.71. The molecule has 5 rings (SSSR count). The maximum absolute atomic E-state index is 5.51. The molecule has 0 N–H and O–H groups in total. The lowest BCUT2D eigenvalue weighted by Crippen LogP contribution is -2.56. The van der Waals surface area contributed by atoms with Gasteiger partial charge in [-0.1, -0.05) is 11.2 Å². The van der Waals surface area contributed by atoms with E-state index in [0.29, 0.717) is 12.6 Å². The molecule has 3 aliphatic rings. The number of hydrogen-bond acceptors (Lipinski definition) is 7. The van der Waals surface area contributed by atoms with Gasteiger partial charge in [0, 0.05) is 31.5 Å². The quantitative estimate of drug-likeness (QED) is 0.752. The molecule has 3 fully saturated rings. The van der Waals surface area contributed by atoms with Gasteiger partial charge in [0.25, 0.3) is 0 Å². The molecule has 134 valence electrons. The van der Waals surface area contributed by atoms with Crippen LogP contribution in [0.1, 0.15) is 30.1 Å². The molecule has 3 aliphatic heterocycles. The molecule has 0 radical (unpaired) electrons. The van der Waals surface area contributed by atoms with Gasteiger partial charge in [-0.05, 0) is 49.7 Å². The third kappa shape index (κ3) is 4.04. The SMILES string of the molecule is CSCc1noc(CN(Cc2cccnc2)C2CN3CCC2CC3)n1. The molecule has 0 saturated carbocycles. The molecule has 2 aromatic heterocycles. The van der Waals surface area contributed by atoms with Crippen LogP contribution in [0.25, 0.3) is 0 Å². The molecule has 3 saturated heterocycles. The summed E-state index contributed by atoms with van der Waals surface area (Å²) in [7, 11) is 0. The maximum Gasteiger partial charge on any atom is 0.240 e. The van der Waals surface area contributed by atoms with Crippen molar-refractivity contribution in [3.05, 3.63) is 41.8 Å². The summed E-state index contributed by atoms with van der Waals surface area (Å²) in [5, 5.41) is 4.10. The average Bonchev–Trinajstić information content (AvgIpc) is 3.10. The molecule has 7 heteroatoms.